The summed E-state index contributed by atoms with van der Waals surface area (Å²) < 4.78 is 0. The molecule has 101 heavy (non-hydrogen) atoms. The number of carbonyl (C=O) groups excluding carboxylic acids is 13. The van der Waals surface area contributed by atoms with Crippen molar-refractivity contribution in [1.29, 1.82) is 0 Å². The van der Waals surface area contributed by atoms with Crippen LogP contribution in [0.15, 0.2) is 30.3 Å². The topological polar surface area (TPSA) is 471 Å². The predicted octanol–water partition coefficient (Wildman–Crippen LogP) is -2.52. The zero-order valence-corrected chi connectivity index (χ0v) is 60.6. The van der Waals surface area contributed by atoms with E-state index in [0.29, 0.717) is 37.8 Å². The van der Waals surface area contributed by atoms with Crippen LogP contribution < -0.4 is 63.8 Å². The third-order valence-electron chi connectivity index (χ3n) is 18.3. The molecule has 0 radical (unpaired) electrons. The van der Waals surface area contributed by atoms with Crippen LogP contribution in [-0.2, 0) is 73.5 Å². The molecule has 4 rings (SSSR count). The standard InChI is InChI=1S/C69H112N14O18/c1-14-40(12)55(66(97)72-44(29-35(2)3)58(89)75-48(34-85)60(91)76-47(33-84)59(90)74-46(69(100)101)31-42-21-16-15-17-22-42)80-62(93)50-25-19-27-82(50)51(87)32-71-61(92)49-24-20-28-83(49)68(99)45(30-36(4)5)73-67(98)56(41(13)86)81-65(96)54(39(10)11)79-64(95)53(38(8)9)78-63(94)52(37(6)7)77-57(88)43-23-18-26-70-43/h15-17,21-22,35-41,43-50,52-56,70,84-86H,14,18-20,23-34H2,1-13H3,(H,71,92)(H,72,97)(H,73,98)(H,74,90)(H,75,89)(H,76,91)(H,77,88)(H,78,94)(H,79,95)(H,80,93)(H,81,96)(H,100,101)/t40-,41+,43-,44-,45-,46-,47-,48-,49-,50-,52-,53-,54-,55-,56-/m0/s1. The molecule has 16 N–H and O–H groups in total. The highest BCUT2D eigenvalue weighted by molar-refractivity contribution is 6.00. The van der Waals surface area contributed by atoms with Crippen molar-refractivity contribution in [3.8, 4) is 0 Å². The van der Waals surface area contributed by atoms with Gasteiger partial charge in [-0.25, -0.2) is 4.79 Å². The SMILES string of the molecule is CC[C@H](C)[C@H](NC(=O)[C@@H]1CCCN1C(=O)CNC(=O)[C@@H]1CCCN1C(=O)[C@H](CC(C)C)NC(=O)[C@@H](NC(=O)[C@@H](NC(=O)[C@@H](NC(=O)[C@@H](NC(=O)[C@@H]1CCCN1)C(C)C)C(C)C)C(C)C)[C@@H](C)O)C(=O)N[C@@H](CC(C)C)C(=O)N[C@@H](CO)C(=O)N[C@@H](CO)C(=O)N[C@@H](Cc1ccccc1)C(=O)O. The maximum absolute atomic E-state index is 14.5. The first-order chi connectivity index (χ1) is 47.5. The van der Waals surface area contributed by atoms with Crippen molar-refractivity contribution in [2.45, 2.75) is 239 Å². The van der Waals surface area contributed by atoms with Gasteiger partial charge in [0.2, 0.25) is 76.8 Å². The highest BCUT2D eigenvalue weighted by Gasteiger charge is 2.43. The number of aliphatic hydroxyl groups is 3. The van der Waals surface area contributed by atoms with Gasteiger partial charge in [0.15, 0.2) is 0 Å². The first-order valence-corrected chi connectivity index (χ1v) is 35.4. The zero-order chi connectivity index (χ0) is 75.7. The molecule has 0 unspecified atom stereocenters. The van der Waals surface area contributed by atoms with Crippen molar-refractivity contribution in [1.82, 2.24) is 73.6 Å². The molecule has 566 valence electrons. The second-order valence-electron chi connectivity index (χ2n) is 28.5. The minimum Gasteiger partial charge on any atom is -0.480 e. The summed E-state index contributed by atoms with van der Waals surface area (Å²) in [7, 11) is 0. The highest BCUT2D eigenvalue weighted by atomic mass is 16.4. The minimum absolute atomic E-state index is 0.00158. The van der Waals surface area contributed by atoms with Gasteiger partial charge in [-0.05, 0) is 106 Å². The molecule has 32 heteroatoms. The van der Waals surface area contributed by atoms with Gasteiger partial charge in [0.25, 0.3) is 0 Å². The summed E-state index contributed by atoms with van der Waals surface area (Å²) in [5.41, 5.74) is 0.582. The Kier molecular flexibility index (Phi) is 34.5. The van der Waals surface area contributed by atoms with E-state index in [1.54, 1.807) is 113 Å². The lowest BCUT2D eigenvalue weighted by atomic mass is 9.96. The van der Waals surface area contributed by atoms with Crippen LogP contribution in [0.2, 0.25) is 0 Å². The third-order valence-corrected chi connectivity index (χ3v) is 18.3. The number of rotatable bonds is 39. The van der Waals surface area contributed by atoms with Crippen LogP contribution in [-0.4, -0.2) is 237 Å². The summed E-state index contributed by atoms with van der Waals surface area (Å²) in [5, 5.41) is 72.5. The summed E-state index contributed by atoms with van der Waals surface area (Å²) in [6.45, 7) is 20.3. The van der Waals surface area contributed by atoms with Crippen molar-refractivity contribution in [3.63, 3.8) is 0 Å². The number of amides is 13. The van der Waals surface area contributed by atoms with Crippen molar-refractivity contribution >= 4 is 82.8 Å². The van der Waals surface area contributed by atoms with Crippen molar-refractivity contribution in [2.75, 3.05) is 39.4 Å². The van der Waals surface area contributed by atoms with Crippen LogP contribution >= 0.6 is 0 Å². The first-order valence-electron chi connectivity index (χ1n) is 35.4. The Balaban J connectivity index is 1.39. The fourth-order valence-electron chi connectivity index (χ4n) is 12.2. The normalized spacial score (nSPS) is 19.6. The number of nitrogens with one attached hydrogen (secondary N) is 12. The number of nitrogens with zero attached hydrogens (tertiary/aromatic N) is 2. The van der Waals surface area contributed by atoms with Crippen molar-refractivity contribution < 1.29 is 87.5 Å². The number of aliphatic hydroxyl groups excluding tert-OH is 3. The largest absolute Gasteiger partial charge is 0.480 e. The van der Waals surface area contributed by atoms with E-state index in [4.69, 9.17) is 0 Å². The Morgan fingerprint density at radius 3 is 1.37 bits per heavy atom. The second-order valence-corrected chi connectivity index (χ2v) is 28.5. The predicted molar refractivity (Wildman–Crippen MR) is 369 cm³/mol. The number of benzene rings is 1. The molecule has 3 aliphatic rings. The Hall–Kier alpha value is -8.36. The molecule has 1 aromatic carbocycles. The molecule has 13 amide bonds. The van der Waals surface area contributed by atoms with E-state index < -0.39 is 199 Å². The maximum atomic E-state index is 14.5. The molecule has 0 bridgehead atoms. The highest BCUT2D eigenvalue weighted by Crippen LogP contribution is 2.23. The number of hydrogen-bond donors (Lipinski definition) is 16. The van der Waals surface area contributed by atoms with Crippen LogP contribution in [0, 0.1) is 35.5 Å². The minimum atomic E-state index is -1.73. The van der Waals surface area contributed by atoms with Gasteiger partial charge >= 0.3 is 5.97 Å². The number of aliphatic carboxylic acids is 1. The molecule has 0 aliphatic carbocycles. The van der Waals surface area contributed by atoms with Gasteiger partial charge in [-0.3, -0.25) is 62.3 Å². The van der Waals surface area contributed by atoms with Crippen molar-refractivity contribution in [2.24, 2.45) is 35.5 Å². The van der Waals surface area contributed by atoms with Gasteiger partial charge in [-0.2, -0.15) is 0 Å². The van der Waals surface area contributed by atoms with E-state index >= 15 is 0 Å². The molecule has 32 nitrogen and oxygen atoms in total. The molecule has 0 saturated carbocycles. The Bertz CT molecular complexity index is 3020. The lowest BCUT2D eigenvalue weighted by Gasteiger charge is -2.32. The maximum Gasteiger partial charge on any atom is 0.326 e. The molecule has 3 fully saturated rings. The summed E-state index contributed by atoms with van der Waals surface area (Å²) in [6.07, 6.45) is 1.29. The van der Waals surface area contributed by atoms with E-state index in [9.17, 15) is 87.5 Å². The lowest BCUT2D eigenvalue weighted by molar-refractivity contribution is -0.143. The van der Waals surface area contributed by atoms with E-state index in [2.05, 4.69) is 63.8 Å². The fourth-order valence-corrected chi connectivity index (χ4v) is 12.2. The monoisotopic (exact) mass is 1420 g/mol. The average molecular weight is 1430 g/mol. The summed E-state index contributed by atoms with van der Waals surface area (Å²) in [6, 6.07) is -8.13. The molecular formula is C69H112N14O18. The zero-order valence-electron chi connectivity index (χ0n) is 60.6. The molecule has 0 aromatic heterocycles. The number of likely N-dealkylation sites (tertiary alicyclic amines) is 2. The third kappa shape index (κ3) is 25.6. The lowest BCUT2D eigenvalue weighted by Crippen LogP contribution is -2.63. The molecule has 3 saturated heterocycles. The van der Waals surface area contributed by atoms with Crippen LogP contribution in [0.4, 0.5) is 0 Å². The van der Waals surface area contributed by atoms with Crippen molar-refractivity contribution in [3.05, 3.63) is 35.9 Å². The molecule has 3 aliphatic heterocycles. The van der Waals surface area contributed by atoms with Gasteiger partial charge in [-0.1, -0.05) is 120 Å². The summed E-state index contributed by atoms with van der Waals surface area (Å²) in [4.78, 5) is 195. The van der Waals surface area contributed by atoms with E-state index in [1.165, 1.54) is 16.7 Å². The summed E-state index contributed by atoms with van der Waals surface area (Å²) >= 11 is 0. The van der Waals surface area contributed by atoms with Crippen LogP contribution in [0.3, 0.4) is 0 Å². The van der Waals surface area contributed by atoms with E-state index in [1.807, 2.05) is 0 Å². The summed E-state index contributed by atoms with van der Waals surface area (Å²) in [5.74, 6) is -13.9. The van der Waals surface area contributed by atoms with Gasteiger partial charge in [0.1, 0.15) is 72.5 Å². The van der Waals surface area contributed by atoms with Crippen LogP contribution in [0.1, 0.15) is 153 Å². The van der Waals surface area contributed by atoms with E-state index in [-0.39, 0.29) is 68.9 Å². The van der Waals surface area contributed by atoms with Gasteiger partial charge in [0.05, 0.1) is 31.9 Å². The first kappa shape index (κ1) is 85.1. The molecule has 0 spiro atoms. The Morgan fingerprint density at radius 1 is 0.475 bits per heavy atom. The van der Waals surface area contributed by atoms with Crippen LogP contribution in [0.5, 0.6) is 0 Å². The quantitative estimate of drug-likeness (QED) is 0.0324. The number of carboxylic acid groups (broad SMARTS) is 1. The van der Waals surface area contributed by atoms with Gasteiger partial charge in [-0.15, -0.1) is 0 Å². The molecule has 1 aromatic rings. The number of carboxylic acids is 1. The number of hydrogen-bond acceptors (Lipinski definition) is 18. The molecule has 15 atom stereocenters. The van der Waals surface area contributed by atoms with Gasteiger partial charge in [0, 0.05) is 19.5 Å². The number of carbonyl (C=O) groups is 14. The average Bonchev–Trinajstić information content (AvgIpc) is 1.77. The van der Waals surface area contributed by atoms with Crippen LogP contribution in [0.25, 0.3) is 0 Å². The molecule has 3 heterocycles. The Morgan fingerprint density at radius 2 is 0.901 bits per heavy atom. The fraction of sp³-hybridized carbons (Fsp3) is 0.710. The van der Waals surface area contributed by atoms with E-state index in [0.717, 1.165) is 6.42 Å². The van der Waals surface area contributed by atoms with Gasteiger partial charge < -0.3 is 94.0 Å². The smallest absolute Gasteiger partial charge is 0.326 e. The second kappa shape index (κ2) is 40.9. The Labute approximate surface area is 591 Å². The molecular weight excluding hydrogens is 1310 g/mol.